The van der Waals surface area contributed by atoms with Crippen LogP contribution < -0.4 is 5.32 Å². The first kappa shape index (κ1) is 18.5. The largest absolute Gasteiger partial charge is 0.396 e. The van der Waals surface area contributed by atoms with Crippen molar-refractivity contribution in [3.63, 3.8) is 0 Å². The molecule has 0 radical (unpaired) electrons. The van der Waals surface area contributed by atoms with Crippen molar-refractivity contribution in [3.8, 4) is 5.69 Å². The van der Waals surface area contributed by atoms with E-state index in [0.29, 0.717) is 18.7 Å². The summed E-state index contributed by atoms with van der Waals surface area (Å²) in [7, 11) is 0. The Morgan fingerprint density at radius 3 is 2.96 bits per heavy atom. The highest BCUT2D eigenvalue weighted by molar-refractivity contribution is 7.99. The molecule has 2 N–H and O–H groups in total. The Labute approximate surface area is 147 Å². The van der Waals surface area contributed by atoms with Gasteiger partial charge in [0.1, 0.15) is 0 Å². The molecule has 130 valence electrons. The molecular formula is C18H25N3O2S. The van der Waals surface area contributed by atoms with Crippen LogP contribution in [0, 0.1) is 19.8 Å². The number of nitrogens with zero attached hydrogens (tertiary/aromatic N) is 2. The molecule has 1 heterocycles. The molecule has 2 aromatic rings. The third kappa shape index (κ3) is 4.85. The molecule has 1 atom stereocenters. The van der Waals surface area contributed by atoms with E-state index in [9.17, 15) is 4.79 Å². The van der Waals surface area contributed by atoms with E-state index in [-0.39, 0.29) is 18.4 Å². The Hall–Kier alpha value is -1.79. The van der Waals surface area contributed by atoms with Gasteiger partial charge in [-0.05, 0) is 43.4 Å². The maximum Gasteiger partial charge on any atom is 0.230 e. The lowest BCUT2D eigenvalue weighted by Crippen LogP contribution is -2.30. The predicted octanol–water partition coefficient (Wildman–Crippen LogP) is 2.72. The Balaban J connectivity index is 1.96. The molecule has 6 heteroatoms. The van der Waals surface area contributed by atoms with Gasteiger partial charge in [0.25, 0.3) is 0 Å². The Bertz CT molecular complexity index is 685. The fourth-order valence-electron chi connectivity index (χ4n) is 2.37. The quantitative estimate of drug-likeness (QED) is 0.721. The van der Waals surface area contributed by atoms with Crippen LogP contribution in [0.4, 0.5) is 0 Å². The molecule has 0 saturated heterocycles. The van der Waals surface area contributed by atoms with Gasteiger partial charge >= 0.3 is 0 Å². The first-order valence-corrected chi connectivity index (χ1v) is 9.11. The van der Waals surface area contributed by atoms with Crippen LogP contribution in [0.25, 0.3) is 5.69 Å². The van der Waals surface area contributed by atoms with Gasteiger partial charge in [-0.1, -0.05) is 30.8 Å². The topological polar surface area (TPSA) is 67.2 Å². The summed E-state index contributed by atoms with van der Waals surface area (Å²) in [5.74, 6) is 0.592. The number of imidazole rings is 1. The standard InChI is InChI=1S/C18H25N3O2S/c1-13(7-10-22)11-20-17(23)12-24-18-19-8-9-21(18)16-6-4-5-14(2)15(16)3/h4-6,8-9,13,22H,7,10-12H2,1-3H3,(H,20,23). The second-order valence-electron chi connectivity index (χ2n) is 6.01. The average Bonchev–Trinajstić information content (AvgIpc) is 3.02. The number of aliphatic hydroxyl groups excluding tert-OH is 1. The van der Waals surface area contributed by atoms with E-state index in [0.717, 1.165) is 10.8 Å². The lowest BCUT2D eigenvalue weighted by Gasteiger charge is -2.13. The second-order valence-corrected chi connectivity index (χ2v) is 6.95. The number of aliphatic hydroxyl groups is 1. The summed E-state index contributed by atoms with van der Waals surface area (Å²) in [6.07, 6.45) is 4.38. The fourth-order valence-corrected chi connectivity index (χ4v) is 3.16. The van der Waals surface area contributed by atoms with Crippen molar-refractivity contribution in [2.75, 3.05) is 18.9 Å². The van der Waals surface area contributed by atoms with E-state index in [2.05, 4.69) is 36.3 Å². The summed E-state index contributed by atoms with van der Waals surface area (Å²) >= 11 is 1.43. The highest BCUT2D eigenvalue weighted by Gasteiger charge is 2.12. The van der Waals surface area contributed by atoms with Crippen LogP contribution in [0.3, 0.4) is 0 Å². The zero-order chi connectivity index (χ0) is 17.5. The summed E-state index contributed by atoms with van der Waals surface area (Å²) < 4.78 is 2.02. The van der Waals surface area contributed by atoms with Gasteiger partial charge in [-0.3, -0.25) is 9.36 Å². The van der Waals surface area contributed by atoms with Crippen molar-refractivity contribution in [2.24, 2.45) is 5.92 Å². The highest BCUT2D eigenvalue weighted by atomic mass is 32.2. The molecule has 0 fully saturated rings. The van der Waals surface area contributed by atoms with Crippen LogP contribution >= 0.6 is 11.8 Å². The summed E-state index contributed by atoms with van der Waals surface area (Å²) in [6.45, 7) is 6.93. The number of thioether (sulfide) groups is 1. The number of rotatable bonds is 8. The van der Waals surface area contributed by atoms with Gasteiger partial charge in [0.2, 0.25) is 5.91 Å². The molecule has 1 aromatic heterocycles. The summed E-state index contributed by atoms with van der Waals surface area (Å²) in [5.41, 5.74) is 3.53. The molecule has 0 aliphatic carbocycles. The number of carbonyl (C=O) groups is 1. The Morgan fingerprint density at radius 2 is 2.21 bits per heavy atom. The fraction of sp³-hybridized carbons (Fsp3) is 0.444. The van der Waals surface area contributed by atoms with Crippen molar-refractivity contribution in [1.82, 2.24) is 14.9 Å². The van der Waals surface area contributed by atoms with Crippen molar-refractivity contribution in [3.05, 3.63) is 41.7 Å². The maximum absolute atomic E-state index is 12.0. The van der Waals surface area contributed by atoms with Crippen molar-refractivity contribution in [1.29, 1.82) is 0 Å². The molecule has 5 nitrogen and oxygen atoms in total. The molecule has 0 bridgehead atoms. The van der Waals surface area contributed by atoms with Gasteiger partial charge in [-0.15, -0.1) is 0 Å². The van der Waals surface area contributed by atoms with Gasteiger partial charge < -0.3 is 10.4 Å². The summed E-state index contributed by atoms with van der Waals surface area (Å²) in [6, 6.07) is 6.18. The number of hydrogen-bond donors (Lipinski definition) is 2. The molecule has 0 spiro atoms. The SMILES string of the molecule is Cc1cccc(-n2ccnc2SCC(=O)NCC(C)CCO)c1C. The number of amides is 1. The number of hydrogen-bond acceptors (Lipinski definition) is 4. The normalized spacial score (nSPS) is 12.2. The smallest absolute Gasteiger partial charge is 0.230 e. The van der Waals surface area contributed by atoms with Gasteiger partial charge in [-0.25, -0.2) is 4.98 Å². The third-order valence-electron chi connectivity index (χ3n) is 4.04. The first-order chi connectivity index (χ1) is 11.5. The van der Waals surface area contributed by atoms with Crippen molar-refractivity contribution < 1.29 is 9.90 Å². The van der Waals surface area contributed by atoms with E-state index >= 15 is 0 Å². The zero-order valence-electron chi connectivity index (χ0n) is 14.5. The molecule has 2 rings (SSSR count). The molecule has 1 amide bonds. The van der Waals surface area contributed by atoms with Crippen LogP contribution in [-0.2, 0) is 4.79 Å². The summed E-state index contributed by atoms with van der Waals surface area (Å²) in [4.78, 5) is 16.4. The van der Waals surface area contributed by atoms with Gasteiger partial charge in [0.15, 0.2) is 5.16 Å². The minimum Gasteiger partial charge on any atom is -0.396 e. The van der Waals surface area contributed by atoms with Crippen molar-refractivity contribution >= 4 is 17.7 Å². The minimum atomic E-state index is -0.0136. The van der Waals surface area contributed by atoms with E-state index in [1.54, 1.807) is 6.20 Å². The average molecular weight is 347 g/mol. The Morgan fingerprint density at radius 1 is 1.42 bits per heavy atom. The molecule has 1 unspecified atom stereocenters. The van der Waals surface area contributed by atoms with Crippen LogP contribution in [0.2, 0.25) is 0 Å². The van der Waals surface area contributed by atoms with Crippen LogP contribution in [-0.4, -0.2) is 39.5 Å². The van der Waals surface area contributed by atoms with Crippen LogP contribution in [0.1, 0.15) is 24.5 Å². The molecule has 1 aromatic carbocycles. The lowest BCUT2D eigenvalue weighted by molar-refractivity contribution is -0.118. The van der Waals surface area contributed by atoms with E-state index < -0.39 is 0 Å². The van der Waals surface area contributed by atoms with Gasteiger partial charge in [0.05, 0.1) is 11.4 Å². The molecular weight excluding hydrogens is 322 g/mol. The highest BCUT2D eigenvalue weighted by Crippen LogP contribution is 2.24. The van der Waals surface area contributed by atoms with E-state index in [1.165, 1.54) is 22.9 Å². The number of carbonyl (C=O) groups excluding carboxylic acids is 1. The van der Waals surface area contributed by atoms with E-state index in [4.69, 9.17) is 5.11 Å². The number of benzene rings is 1. The Kier molecular flexibility index (Phi) is 6.87. The third-order valence-corrected chi connectivity index (χ3v) is 5.01. The molecule has 0 aliphatic rings. The van der Waals surface area contributed by atoms with Crippen molar-refractivity contribution in [2.45, 2.75) is 32.3 Å². The maximum atomic E-state index is 12.0. The van der Waals surface area contributed by atoms with Gasteiger partial charge in [-0.2, -0.15) is 0 Å². The number of aryl methyl sites for hydroxylation is 1. The number of aromatic nitrogens is 2. The molecule has 0 aliphatic heterocycles. The van der Waals surface area contributed by atoms with Crippen LogP contribution in [0.15, 0.2) is 35.7 Å². The number of nitrogens with one attached hydrogen (secondary N) is 1. The van der Waals surface area contributed by atoms with Gasteiger partial charge in [0, 0.05) is 25.5 Å². The predicted molar refractivity (Wildman–Crippen MR) is 97.6 cm³/mol. The van der Waals surface area contributed by atoms with Crippen LogP contribution in [0.5, 0.6) is 0 Å². The molecule has 24 heavy (non-hydrogen) atoms. The monoisotopic (exact) mass is 347 g/mol. The molecule has 0 saturated carbocycles. The van der Waals surface area contributed by atoms with E-state index in [1.807, 2.05) is 23.8 Å². The second kappa shape index (κ2) is 8.89. The first-order valence-electron chi connectivity index (χ1n) is 8.13. The lowest BCUT2D eigenvalue weighted by atomic mass is 10.1. The summed E-state index contributed by atoms with van der Waals surface area (Å²) in [5, 5.41) is 12.6. The zero-order valence-corrected chi connectivity index (χ0v) is 15.3. The minimum absolute atomic E-state index is 0.0136.